The highest BCUT2D eigenvalue weighted by Crippen LogP contribution is 2.35. The van der Waals surface area contributed by atoms with E-state index in [1.807, 2.05) is 0 Å². The van der Waals surface area contributed by atoms with Crippen LogP contribution in [0.25, 0.3) is 0 Å². The minimum Gasteiger partial charge on any atom is -0.410 e. The summed E-state index contributed by atoms with van der Waals surface area (Å²) in [6.45, 7) is 11.7. The minimum absolute atomic E-state index is 0.420. The van der Waals surface area contributed by atoms with E-state index in [4.69, 9.17) is 4.43 Å². The Bertz CT molecular complexity index is 318. The van der Waals surface area contributed by atoms with Gasteiger partial charge in [-0.1, -0.05) is 65.9 Å². The summed E-state index contributed by atoms with van der Waals surface area (Å²) in [5.74, 6) is 0.780. The van der Waals surface area contributed by atoms with Crippen LogP contribution in [0.1, 0.15) is 92.4 Å². The van der Waals surface area contributed by atoms with Crippen molar-refractivity contribution in [3.63, 3.8) is 0 Å². The molecule has 0 aromatic rings. The average Bonchev–Trinajstić information content (AvgIpc) is 2.61. The number of hydrogen-bond donors (Lipinski definition) is 0. The second-order valence-electron chi connectivity index (χ2n) is 7.62. The van der Waals surface area contributed by atoms with E-state index in [0.29, 0.717) is 6.10 Å². The lowest BCUT2D eigenvalue weighted by Gasteiger charge is -2.39. The fourth-order valence-corrected chi connectivity index (χ4v) is 7.02. The molecule has 1 rings (SSSR count). The third kappa shape index (κ3) is 6.74. The summed E-state index contributed by atoms with van der Waals surface area (Å²) in [7, 11) is -1.52. The summed E-state index contributed by atoms with van der Waals surface area (Å²) >= 11 is 0. The Morgan fingerprint density at radius 3 is 2.13 bits per heavy atom. The molecule has 136 valence electrons. The van der Waals surface area contributed by atoms with E-state index >= 15 is 0 Å². The molecule has 1 aliphatic carbocycles. The zero-order valence-corrected chi connectivity index (χ0v) is 17.6. The van der Waals surface area contributed by atoms with Gasteiger partial charge >= 0.3 is 0 Å². The van der Waals surface area contributed by atoms with Gasteiger partial charge in [0, 0.05) is 0 Å². The maximum atomic E-state index is 7.01. The van der Waals surface area contributed by atoms with Crippen molar-refractivity contribution in [2.45, 2.75) is 117 Å². The van der Waals surface area contributed by atoms with Crippen molar-refractivity contribution in [1.82, 2.24) is 0 Å². The monoisotopic (exact) mass is 338 g/mol. The van der Waals surface area contributed by atoms with Gasteiger partial charge in [0.2, 0.25) is 0 Å². The second-order valence-corrected chi connectivity index (χ2v) is 12.3. The molecule has 2 heteroatoms. The van der Waals surface area contributed by atoms with Crippen molar-refractivity contribution in [3.05, 3.63) is 11.6 Å². The van der Waals surface area contributed by atoms with Crippen molar-refractivity contribution in [2.24, 2.45) is 5.92 Å². The molecule has 23 heavy (non-hydrogen) atoms. The van der Waals surface area contributed by atoms with Gasteiger partial charge < -0.3 is 4.43 Å². The predicted octanol–water partition coefficient (Wildman–Crippen LogP) is 7.48. The van der Waals surface area contributed by atoms with Gasteiger partial charge in [0.05, 0.1) is 6.10 Å². The van der Waals surface area contributed by atoms with Crippen molar-refractivity contribution in [2.75, 3.05) is 0 Å². The molecule has 0 saturated heterocycles. The van der Waals surface area contributed by atoms with E-state index in [9.17, 15) is 0 Å². The van der Waals surface area contributed by atoms with E-state index in [2.05, 4.69) is 40.7 Å². The summed E-state index contributed by atoms with van der Waals surface area (Å²) in [4.78, 5) is 0. The van der Waals surface area contributed by atoms with Gasteiger partial charge in [-0.25, -0.2) is 0 Å². The zero-order valence-electron chi connectivity index (χ0n) is 16.6. The van der Waals surface area contributed by atoms with Gasteiger partial charge in [-0.2, -0.15) is 0 Å². The van der Waals surface area contributed by atoms with E-state index in [1.54, 1.807) is 5.57 Å². The third-order valence-electron chi connectivity index (χ3n) is 6.11. The van der Waals surface area contributed by atoms with Gasteiger partial charge in [0.15, 0.2) is 8.32 Å². The maximum absolute atomic E-state index is 7.01. The van der Waals surface area contributed by atoms with E-state index in [0.717, 1.165) is 5.92 Å². The molecule has 1 fully saturated rings. The first kappa shape index (κ1) is 21.0. The summed E-state index contributed by atoms with van der Waals surface area (Å²) in [5.41, 5.74) is 1.54. The normalized spacial score (nSPS) is 19.1. The van der Waals surface area contributed by atoms with Crippen molar-refractivity contribution in [1.29, 1.82) is 0 Å². The van der Waals surface area contributed by atoms with Crippen LogP contribution < -0.4 is 0 Å². The molecule has 1 nitrogen and oxygen atoms in total. The molecule has 0 bridgehead atoms. The molecule has 0 aromatic heterocycles. The van der Waals surface area contributed by atoms with Gasteiger partial charge in [-0.3, -0.25) is 0 Å². The number of unbranched alkanes of at least 4 members (excludes halogenated alkanes) is 3. The van der Waals surface area contributed by atoms with Crippen LogP contribution in [-0.4, -0.2) is 14.4 Å². The fourth-order valence-electron chi connectivity index (χ4n) is 4.11. The van der Waals surface area contributed by atoms with E-state index in [-0.39, 0.29) is 0 Å². The Labute approximate surface area is 147 Å². The average molecular weight is 339 g/mol. The van der Waals surface area contributed by atoms with Crippen LogP contribution in [0, 0.1) is 5.92 Å². The molecule has 0 N–H and O–H groups in total. The lowest BCUT2D eigenvalue weighted by atomic mass is 9.82. The van der Waals surface area contributed by atoms with Crippen LogP contribution in [0.15, 0.2) is 11.6 Å². The summed E-state index contributed by atoms with van der Waals surface area (Å²) in [5, 5.41) is 0. The molecular weight excluding hydrogens is 296 g/mol. The fraction of sp³-hybridized carbons (Fsp3) is 0.905. The molecule has 0 unspecified atom stereocenters. The second kappa shape index (κ2) is 11.5. The lowest BCUT2D eigenvalue weighted by molar-refractivity contribution is 0.125. The Balaban J connectivity index is 2.82. The van der Waals surface area contributed by atoms with Crippen LogP contribution in [0.2, 0.25) is 18.1 Å². The molecular formula is C21H42OSi. The molecule has 0 amide bonds. The molecule has 0 radical (unpaired) electrons. The first-order valence-corrected chi connectivity index (χ1v) is 13.0. The largest absolute Gasteiger partial charge is 0.410 e. The molecule has 0 spiro atoms. The highest BCUT2D eigenvalue weighted by Gasteiger charge is 2.35. The van der Waals surface area contributed by atoms with Crippen LogP contribution in [-0.2, 0) is 4.43 Å². The van der Waals surface area contributed by atoms with Gasteiger partial charge in [0.1, 0.15) is 0 Å². The maximum Gasteiger partial charge on any atom is 0.192 e. The Morgan fingerprint density at radius 1 is 1.00 bits per heavy atom. The smallest absolute Gasteiger partial charge is 0.192 e. The highest BCUT2D eigenvalue weighted by atomic mass is 28.4. The molecule has 1 atom stereocenters. The molecule has 0 aliphatic heterocycles. The van der Waals surface area contributed by atoms with Crippen molar-refractivity contribution >= 4 is 8.32 Å². The summed E-state index contributed by atoms with van der Waals surface area (Å²) in [6, 6.07) is 3.81. The third-order valence-corrected chi connectivity index (χ3v) is 10.7. The van der Waals surface area contributed by atoms with Crippen LogP contribution in [0.3, 0.4) is 0 Å². The zero-order chi connectivity index (χ0) is 17.1. The standard InChI is InChI=1S/C21H42OSi/c1-6-10-11-13-16-19(5)21(20-17-14-12-15-18-20)22-23(7-2,8-3)9-4/h16,20-21H,6-15,17-18H2,1-5H3/b19-16+/t21-/m1/s1. The highest BCUT2D eigenvalue weighted by molar-refractivity contribution is 6.73. The van der Waals surface area contributed by atoms with Gasteiger partial charge in [0.25, 0.3) is 0 Å². The number of allylic oxidation sites excluding steroid dienone is 1. The quantitative estimate of drug-likeness (QED) is 0.215. The number of hydrogen-bond acceptors (Lipinski definition) is 1. The SMILES string of the molecule is CCCCC/C=C(\C)[C@@H](O[Si](CC)(CC)CC)C1CCCCC1. The van der Waals surface area contributed by atoms with Gasteiger partial charge in [-0.15, -0.1) is 0 Å². The Morgan fingerprint density at radius 2 is 1.61 bits per heavy atom. The van der Waals surface area contributed by atoms with Crippen LogP contribution >= 0.6 is 0 Å². The first-order valence-electron chi connectivity index (χ1n) is 10.5. The Kier molecular flexibility index (Phi) is 10.5. The summed E-state index contributed by atoms with van der Waals surface area (Å²) < 4.78 is 7.01. The predicted molar refractivity (Wildman–Crippen MR) is 107 cm³/mol. The minimum atomic E-state index is -1.52. The topological polar surface area (TPSA) is 9.23 Å². The summed E-state index contributed by atoms with van der Waals surface area (Å²) in [6.07, 6.45) is 15.2. The van der Waals surface area contributed by atoms with E-state index < -0.39 is 8.32 Å². The first-order chi connectivity index (χ1) is 11.1. The van der Waals surface area contributed by atoms with Crippen LogP contribution in [0.4, 0.5) is 0 Å². The molecule has 0 heterocycles. The Hall–Kier alpha value is -0.0831. The van der Waals surface area contributed by atoms with Crippen molar-refractivity contribution < 1.29 is 4.43 Å². The van der Waals surface area contributed by atoms with Crippen molar-refractivity contribution in [3.8, 4) is 0 Å². The van der Waals surface area contributed by atoms with Crippen LogP contribution in [0.5, 0.6) is 0 Å². The lowest BCUT2D eigenvalue weighted by Crippen LogP contribution is -2.43. The molecule has 1 aliphatic rings. The molecule has 0 aromatic carbocycles. The number of rotatable bonds is 11. The van der Waals surface area contributed by atoms with Gasteiger partial charge in [-0.05, 0) is 62.2 Å². The molecule has 1 saturated carbocycles. The van der Waals surface area contributed by atoms with E-state index in [1.165, 1.54) is 75.9 Å².